The van der Waals surface area contributed by atoms with Crippen LogP contribution in [-0.2, 0) is 4.74 Å². The van der Waals surface area contributed by atoms with E-state index in [0.29, 0.717) is 5.92 Å². The van der Waals surface area contributed by atoms with Crippen LogP contribution in [0, 0.1) is 0 Å². The number of aromatic nitrogens is 2. The lowest BCUT2D eigenvalue weighted by Crippen LogP contribution is -2.47. The van der Waals surface area contributed by atoms with Crippen molar-refractivity contribution in [3.63, 3.8) is 0 Å². The Morgan fingerprint density at radius 3 is 2.67 bits per heavy atom. The van der Waals surface area contributed by atoms with Crippen LogP contribution in [0.2, 0.25) is 0 Å². The molecule has 5 nitrogen and oxygen atoms in total. The minimum atomic E-state index is 0.703. The van der Waals surface area contributed by atoms with Gasteiger partial charge >= 0.3 is 0 Å². The van der Waals surface area contributed by atoms with E-state index in [9.17, 15) is 0 Å². The molecule has 1 aliphatic heterocycles. The summed E-state index contributed by atoms with van der Waals surface area (Å²) in [5, 5.41) is 0. The summed E-state index contributed by atoms with van der Waals surface area (Å²) in [5.41, 5.74) is 1.24. The van der Waals surface area contributed by atoms with Gasteiger partial charge in [0.15, 0.2) is 0 Å². The highest BCUT2D eigenvalue weighted by molar-refractivity contribution is 5.40. The van der Waals surface area contributed by atoms with Gasteiger partial charge < -0.3 is 9.64 Å². The van der Waals surface area contributed by atoms with E-state index >= 15 is 0 Å². The Morgan fingerprint density at radius 1 is 1.14 bits per heavy atom. The van der Waals surface area contributed by atoms with Gasteiger partial charge in [-0.05, 0) is 32.2 Å². The summed E-state index contributed by atoms with van der Waals surface area (Å²) in [6.45, 7) is 6.49. The van der Waals surface area contributed by atoms with Crippen molar-refractivity contribution in [2.24, 2.45) is 0 Å². The van der Waals surface area contributed by atoms with Crippen LogP contribution in [0.4, 0.5) is 5.82 Å². The smallest absolute Gasteiger partial charge is 0.132 e. The van der Waals surface area contributed by atoms with Crippen molar-refractivity contribution in [2.45, 2.75) is 31.6 Å². The zero-order chi connectivity index (χ0) is 14.5. The van der Waals surface area contributed by atoms with Gasteiger partial charge in [-0.3, -0.25) is 4.90 Å². The quantitative estimate of drug-likeness (QED) is 0.718. The highest BCUT2D eigenvalue weighted by atomic mass is 16.5. The molecule has 0 amide bonds. The summed E-state index contributed by atoms with van der Waals surface area (Å²) in [5.74, 6) is 1.82. The molecule has 1 aromatic rings. The number of hydrogen-bond acceptors (Lipinski definition) is 5. The van der Waals surface area contributed by atoms with Crippen molar-refractivity contribution in [1.82, 2.24) is 14.9 Å². The van der Waals surface area contributed by atoms with E-state index in [2.05, 4.69) is 25.8 Å². The lowest BCUT2D eigenvalue weighted by atomic mass is 10.2. The number of rotatable bonds is 7. The molecule has 21 heavy (non-hydrogen) atoms. The van der Waals surface area contributed by atoms with Crippen LogP contribution in [0.15, 0.2) is 12.4 Å². The van der Waals surface area contributed by atoms with Gasteiger partial charge in [0.2, 0.25) is 0 Å². The molecule has 2 fully saturated rings. The highest BCUT2D eigenvalue weighted by Gasteiger charge is 2.26. The number of methoxy groups -OCH3 is 1. The number of hydrogen-bond donors (Lipinski definition) is 0. The standard InChI is InChI=1S/C16H26N4O/c1-21-11-3-2-6-19-7-9-20(10-8-19)16-12-15(14-4-5-14)17-13-18-16/h12-14H,2-11H2,1H3. The Kier molecular flexibility index (Phi) is 5.04. The predicted octanol–water partition coefficient (Wildman–Crippen LogP) is 1.90. The van der Waals surface area contributed by atoms with E-state index in [-0.39, 0.29) is 0 Å². The molecule has 1 aromatic heterocycles. The monoisotopic (exact) mass is 290 g/mol. The summed E-state index contributed by atoms with van der Waals surface area (Å²) >= 11 is 0. The third-order valence-electron chi connectivity index (χ3n) is 4.44. The van der Waals surface area contributed by atoms with Crippen molar-refractivity contribution in [2.75, 3.05) is 51.3 Å². The van der Waals surface area contributed by atoms with Crippen LogP contribution in [0.5, 0.6) is 0 Å². The molecule has 0 radical (unpaired) electrons. The summed E-state index contributed by atoms with van der Waals surface area (Å²) < 4.78 is 5.10. The topological polar surface area (TPSA) is 41.5 Å². The summed E-state index contributed by atoms with van der Waals surface area (Å²) in [7, 11) is 1.77. The molecule has 1 saturated carbocycles. The number of unbranched alkanes of at least 4 members (excludes halogenated alkanes) is 1. The maximum atomic E-state index is 5.10. The minimum absolute atomic E-state index is 0.703. The molecule has 0 aromatic carbocycles. The van der Waals surface area contributed by atoms with E-state index in [0.717, 1.165) is 45.0 Å². The number of nitrogens with zero attached hydrogens (tertiary/aromatic N) is 4. The average molecular weight is 290 g/mol. The third-order valence-corrected chi connectivity index (χ3v) is 4.44. The predicted molar refractivity (Wildman–Crippen MR) is 83.8 cm³/mol. The van der Waals surface area contributed by atoms with E-state index in [1.165, 1.54) is 31.5 Å². The molecule has 0 atom stereocenters. The molecular formula is C16H26N4O. The van der Waals surface area contributed by atoms with E-state index < -0.39 is 0 Å². The number of piperazine rings is 1. The first-order valence-electron chi connectivity index (χ1n) is 8.15. The van der Waals surface area contributed by atoms with Crippen molar-refractivity contribution in [3.05, 3.63) is 18.1 Å². The lowest BCUT2D eigenvalue weighted by Gasteiger charge is -2.35. The Balaban J connectivity index is 1.45. The highest BCUT2D eigenvalue weighted by Crippen LogP contribution is 2.39. The molecular weight excluding hydrogens is 264 g/mol. The SMILES string of the molecule is COCCCCN1CCN(c2cc(C3CC3)ncn2)CC1. The van der Waals surface area contributed by atoms with Gasteiger partial charge in [-0.1, -0.05) is 0 Å². The molecule has 0 spiro atoms. The molecule has 1 saturated heterocycles. The largest absolute Gasteiger partial charge is 0.385 e. The summed E-state index contributed by atoms with van der Waals surface area (Å²) in [4.78, 5) is 13.8. The van der Waals surface area contributed by atoms with Crippen LogP contribution >= 0.6 is 0 Å². The van der Waals surface area contributed by atoms with Crippen molar-refractivity contribution in [3.8, 4) is 0 Å². The fourth-order valence-electron chi connectivity index (χ4n) is 2.92. The second kappa shape index (κ2) is 7.18. The van der Waals surface area contributed by atoms with Gasteiger partial charge in [-0.25, -0.2) is 9.97 Å². The molecule has 0 bridgehead atoms. The van der Waals surface area contributed by atoms with E-state index in [1.807, 2.05) is 0 Å². The maximum Gasteiger partial charge on any atom is 0.132 e. The Morgan fingerprint density at radius 2 is 1.95 bits per heavy atom. The summed E-state index contributed by atoms with van der Waals surface area (Å²) in [6.07, 6.45) is 6.72. The maximum absolute atomic E-state index is 5.10. The van der Waals surface area contributed by atoms with Gasteiger partial charge in [0.25, 0.3) is 0 Å². The first-order valence-corrected chi connectivity index (χ1v) is 8.15. The lowest BCUT2D eigenvalue weighted by molar-refractivity contribution is 0.182. The average Bonchev–Trinajstić information content (AvgIpc) is 3.37. The van der Waals surface area contributed by atoms with Gasteiger partial charge in [0.05, 0.1) is 0 Å². The molecule has 2 aliphatic rings. The number of ether oxygens (including phenoxy) is 1. The van der Waals surface area contributed by atoms with E-state index in [4.69, 9.17) is 4.74 Å². The van der Waals surface area contributed by atoms with Gasteiger partial charge in [-0.15, -0.1) is 0 Å². The second-order valence-electron chi connectivity index (χ2n) is 6.10. The zero-order valence-electron chi connectivity index (χ0n) is 13.0. The van der Waals surface area contributed by atoms with Gasteiger partial charge in [0, 0.05) is 57.6 Å². The van der Waals surface area contributed by atoms with Gasteiger partial charge in [0.1, 0.15) is 12.1 Å². The third kappa shape index (κ3) is 4.14. The van der Waals surface area contributed by atoms with Crippen LogP contribution in [0.3, 0.4) is 0 Å². The fourth-order valence-corrected chi connectivity index (χ4v) is 2.92. The molecule has 0 N–H and O–H groups in total. The second-order valence-corrected chi connectivity index (χ2v) is 6.10. The fraction of sp³-hybridized carbons (Fsp3) is 0.750. The van der Waals surface area contributed by atoms with Gasteiger partial charge in [-0.2, -0.15) is 0 Å². The normalized spacial score (nSPS) is 20.0. The Bertz CT molecular complexity index is 442. The zero-order valence-corrected chi connectivity index (χ0v) is 13.0. The number of anilines is 1. The van der Waals surface area contributed by atoms with Crippen LogP contribution in [0.25, 0.3) is 0 Å². The van der Waals surface area contributed by atoms with Crippen molar-refractivity contribution < 1.29 is 4.74 Å². The minimum Gasteiger partial charge on any atom is -0.385 e. The van der Waals surface area contributed by atoms with Crippen molar-refractivity contribution in [1.29, 1.82) is 0 Å². The van der Waals surface area contributed by atoms with Crippen LogP contribution < -0.4 is 4.90 Å². The molecule has 2 heterocycles. The first kappa shape index (κ1) is 14.7. The summed E-state index contributed by atoms with van der Waals surface area (Å²) in [6, 6.07) is 2.20. The van der Waals surface area contributed by atoms with E-state index in [1.54, 1.807) is 13.4 Å². The molecule has 1 aliphatic carbocycles. The van der Waals surface area contributed by atoms with Crippen molar-refractivity contribution >= 4 is 5.82 Å². The molecule has 0 unspecified atom stereocenters. The molecule has 116 valence electrons. The Labute approximate surface area is 127 Å². The molecule has 3 rings (SSSR count). The molecule has 5 heteroatoms. The van der Waals surface area contributed by atoms with Crippen LogP contribution in [0.1, 0.15) is 37.3 Å². The first-order chi connectivity index (χ1) is 10.4. The Hall–Kier alpha value is -1.20. The van der Waals surface area contributed by atoms with Crippen LogP contribution in [-0.4, -0.2) is 61.3 Å².